The Hall–Kier alpha value is -2.28. The van der Waals surface area contributed by atoms with E-state index in [1.165, 1.54) is 39.8 Å². The summed E-state index contributed by atoms with van der Waals surface area (Å²) in [6, 6.07) is 3.26. The Labute approximate surface area is 165 Å². The molecule has 1 aromatic rings. The minimum atomic E-state index is -4.65. The Bertz CT molecular complexity index is 911. The summed E-state index contributed by atoms with van der Waals surface area (Å²) in [7, 11) is 0. The summed E-state index contributed by atoms with van der Waals surface area (Å²) in [6.45, 7) is 5.54. The summed E-state index contributed by atoms with van der Waals surface area (Å²) in [5.41, 5.74) is -3.03. The van der Waals surface area contributed by atoms with Crippen LogP contribution in [0.2, 0.25) is 5.02 Å². The summed E-state index contributed by atoms with van der Waals surface area (Å²) in [5, 5.41) is 20.2. The molecule has 1 unspecified atom stereocenters. The predicted octanol–water partition coefficient (Wildman–Crippen LogP) is 5.36. The molecular formula is C20H20ClF3O4. The molecule has 1 aliphatic carbocycles. The number of benzene rings is 1. The molecule has 1 aliphatic rings. The average Bonchev–Trinajstić information content (AvgIpc) is 2.59. The third-order valence-corrected chi connectivity index (χ3v) is 5.17. The van der Waals surface area contributed by atoms with Gasteiger partial charge in [0.1, 0.15) is 17.1 Å². The summed E-state index contributed by atoms with van der Waals surface area (Å²) in [5.74, 6) is -3.59. The fourth-order valence-corrected chi connectivity index (χ4v) is 3.36. The van der Waals surface area contributed by atoms with E-state index in [-0.39, 0.29) is 28.3 Å². The van der Waals surface area contributed by atoms with E-state index in [1.807, 2.05) is 0 Å². The molecule has 0 spiro atoms. The molecule has 8 heteroatoms. The van der Waals surface area contributed by atoms with Gasteiger partial charge in [-0.25, -0.2) is 0 Å². The lowest BCUT2D eigenvalue weighted by Crippen LogP contribution is -2.37. The lowest BCUT2D eigenvalue weighted by molar-refractivity contribution is -0.138. The molecule has 0 saturated heterocycles. The Kier molecular flexibility index (Phi) is 5.72. The first kappa shape index (κ1) is 22.0. The fourth-order valence-electron chi connectivity index (χ4n) is 3.18. The van der Waals surface area contributed by atoms with Gasteiger partial charge in [0.15, 0.2) is 11.6 Å². The Morgan fingerprint density at radius 3 is 2.36 bits per heavy atom. The number of hydrogen-bond donors (Lipinski definition) is 2. The van der Waals surface area contributed by atoms with Crippen LogP contribution in [0.4, 0.5) is 13.2 Å². The second-order valence-electron chi connectivity index (χ2n) is 7.42. The molecule has 0 heterocycles. The van der Waals surface area contributed by atoms with Crippen molar-refractivity contribution in [2.45, 2.75) is 40.3 Å². The number of rotatable bonds is 4. The van der Waals surface area contributed by atoms with E-state index in [4.69, 9.17) is 11.6 Å². The molecule has 0 aliphatic heterocycles. The molecule has 0 aromatic heterocycles. The number of halogens is 4. The van der Waals surface area contributed by atoms with Gasteiger partial charge in [0.05, 0.1) is 11.0 Å². The second-order valence-corrected chi connectivity index (χ2v) is 7.86. The number of aliphatic hydroxyl groups is 2. The zero-order chi connectivity index (χ0) is 21.6. The maximum atomic E-state index is 13.3. The van der Waals surface area contributed by atoms with Gasteiger partial charge >= 0.3 is 6.18 Å². The SMILES string of the molecule is CC1=C(O)C(C)(C)C(=O)C(C(=O)C(C)Cc2ccc(Cl)cc2C(F)(F)F)=C1O. The van der Waals surface area contributed by atoms with Crippen LogP contribution in [0.15, 0.2) is 40.9 Å². The molecule has 0 saturated carbocycles. The first-order valence-corrected chi connectivity index (χ1v) is 8.86. The van der Waals surface area contributed by atoms with Crippen molar-refractivity contribution in [3.63, 3.8) is 0 Å². The van der Waals surface area contributed by atoms with E-state index in [0.717, 1.165) is 6.07 Å². The lowest BCUT2D eigenvalue weighted by Gasteiger charge is -2.30. The third kappa shape index (κ3) is 3.81. The van der Waals surface area contributed by atoms with Gasteiger partial charge in [-0.2, -0.15) is 13.2 Å². The number of hydrogen-bond acceptors (Lipinski definition) is 4. The van der Waals surface area contributed by atoms with Crippen molar-refractivity contribution in [2.24, 2.45) is 11.3 Å². The number of allylic oxidation sites excluding steroid dienone is 3. The van der Waals surface area contributed by atoms with Crippen molar-refractivity contribution >= 4 is 23.2 Å². The molecule has 0 amide bonds. The highest BCUT2D eigenvalue weighted by molar-refractivity contribution is 6.30. The lowest BCUT2D eigenvalue weighted by atomic mass is 9.73. The minimum Gasteiger partial charge on any atom is -0.511 e. The van der Waals surface area contributed by atoms with Crippen molar-refractivity contribution in [1.29, 1.82) is 0 Å². The van der Waals surface area contributed by atoms with Crippen LogP contribution in [0.5, 0.6) is 0 Å². The van der Waals surface area contributed by atoms with Crippen LogP contribution in [-0.4, -0.2) is 21.8 Å². The van der Waals surface area contributed by atoms with E-state index in [2.05, 4.69) is 0 Å². The highest BCUT2D eigenvalue weighted by Gasteiger charge is 2.45. The standard InChI is InChI=1S/C20H20ClF3O4/c1-9(7-11-5-6-12(21)8-13(11)20(22,23)24)15(25)14-16(26)10(2)17(27)19(3,4)18(14)28/h5-6,8-9,26-27H,7H2,1-4H3. The number of alkyl halides is 3. The molecule has 1 atom stereocenters. The monoisotopic (exact) mass is 416 g/mol. The quantitative estimate of drug-likeness (QED) is 0.648. The van der Waals surface area contributed by atoms with Crippen LogP contribution in [0.25, 0.3) is 0 Å². The van der Waals surface area contributed by atoms with Crippen LogP contribution in [0.3, 0.4) is 0 Å². The molecule has 0 fully saturated rings. The van der Waals surface area contributed by atoms with E-state index in [9.17, 15) is 33.0 Å². The van der Waals surface area contributed by atoms with Gasteiger partial charge in [-0.3, -0.25) is 9.59 Å². The number of aliphatic hydroxyl groups excluding tert-OH is 2. The fraction of sp³-hybridized carbons (Fsp3) is 0.400. The summed E-state index contributed by atoms with van der Waals surface area (Å²) in [6.07, 6.45) is -4.96. The largest absolute Gasteiger partial charge is 0.511 e. The maximum absolute atomic E-state index is 13.3. The number of ketones is 2. The van der Waals surface area contributed by atoms with Gasteiger partial charge in [0.2, 0.25) is 0 Å². The number of Topliss-reactive ketones (excluding diaryl/α,β-unsaturated/α-hetero) is 2. The van der Waals surface area contributed by atoms with Crippen LogP contribution in [0, 0.1) is 11.3 Å². The average molecular weight is 417 g/mol. The first-order valence-electron chi connectivity index (χ1n) is 8.48. The molecule has 1 aromatic carbocycles. The molecule has 0 bridgehead atoms. The predicted molar refractivity (Wildman–Crippen MR) is 98.1 cm³/mol. The van der Waals surface area contributed by atoms with E-state index < -0.39 is 46.0 Å². The van der Waals surface area contributed by atoms with Gasteiger partial charge in [0, 0.05) is 16.5 Å². The van der Waals surface area contributed by atoms with E-state index in [1.54, 1.807) is 0 Å². The molecule has 28 heavy (non-hydrogen) atoms. The second kappa shape index (κ2) is 7.28. The van der Waals surface area contributed by atoms with Gasteiger partial charge in [0.25, 0.3) is 0 Å². The Balaban J connectivity index is 2.43. The van der Waals surface area contributed by atoms with Crippen molar-refractivity contribution in [3.8, 4) is 0 Å². The van der Waals surface area contributed by atoms with Crippen LogP contribution in [-0.2, 0) is 22.2 Å². The maximum Gasteiger partial charge on any atom is 0.416 e. The molecule has 2 rings (SSSR count). The highest BCUT2D eigenvalue weighted by Crippen LogP contribution is 2.40. The Morgan fingerprint density at radius 1 is 1.25 bits per heavy atom. The number of carbonyl (C=O) groups is 2. The van der Waals surface area contributed by atoms with Gasteiger partial charge in [-0.15, -0.1) is 0 Å². The molecule has 152 valence electrons. The molecule has 4 nitrogen and oxygen atoms in total. The first-order chi connectivity index (χ1) is 12.7. The summed E-state index contributed by atoms with van der Waals surface area (Å²) in [4.78, 5) is 25.5. The Morgan fingerprint density at radius 2 is 1.82 bits per heavy atom. The molecule has 0 radical (unpaired) electrons. The van der Waals surface area contributed by atoms with Crippen LogP contribution in [0.1, 0.15) is 38.8 Å². The van der Waals surface area contributed by atoms with Gasteiger partial charge in [-0.05, 0) is 44.9 Å². The van der Waals surface area contributed by atoms with Crippen molar-refractivity contribution in [2.75, 3.05) is 0 Å². The minimum absolute atomic E-state index is 0.0115. The van der Waals surface area contributed by atoms with Crippen molar-refractivity contribution in [3.05, 3.63) is 57.0 Å². The smallest absolute Gasteiger partial charge is 0.416 e. The van der Waals surface area contributed by atoms with E-state index >= 15 is 0 Å². The molecular weight excluding hydrogens is 397 g/mol. The normalized spacial score (nSPS) is 18.5. The summed E-state index contributed by atoms with van der Waals surface area (Å²) >= 11 is 5.66. The molecule has 2 N–H and O–H groups in total. The van der Waals surface area contributed by atoms with Gasteiger partial charge < -0.3 is 10.2 Å². The highest BCUT2D eigenvalue weighted by atomic mass is 35.5. The number of carbonyl (C=O) groups excluding carboxylic acids is 2. The van der Waals surface area contributed by atoms with Crippen molar-refractivity contribution in [1.82, 2.24) is 0 Å². The summed E-state index contributed by atoms with van der Waals surface area (Å²) < 4.78 is 39.8. The zero-order valence-electron chi connectivity index (χ0n) is 15.7. The topological polar surface area (TPSA) is 74.6 Å². The zero-order valence-corrected chi connectivity index (χ0v) is 16.5. The third-order valence-electron chi connectivity index (χ3n) is 4.93. The van der Waals surface area contributed by atoms with E-state index in [0.29, 0.717) is 0 Å². The van der Waals surface area contributed by atoms with Crippen molar-refractivity contribution < 1.29 is 33.0 Å². The van der Waals surface area contributed by atoms with Crippen LogP contribution < -0.4 is 0 Å². The van der Waals surface area contributed by atoms with Gasteiger partial charge in [-0.1, -0.05) is 24.6 Å². The van der Waals surface area contributed by atoms with Crippen LogP contribution >= 0.6 is 11.6 Å².